The van der Waals surface area contributed by atoms with E-state index in [9.17, 15) is 15.0 Å². The Balaban J connectivity index is 2.14. The number of aryl methyl sites for hydroxylation is 1. The van der Waals surface area contributed by atoms with Crippen LogP contribution in [0.25, 0.3) is 0 Å². The molecule has 2 aromatic carbocycles. The zero-order valence-corrected chi connectivity index (χ0v) is 13.6. The Labute approximate surface area is 137 Å². The third-order valence-corrected chi connectivity index (χ3v) is 4.08. The number of carbonyl (C=O) groups excluding carboxylic acids is 1. The summed E-state index contributed by atoms with van der Waals surface area (Å²) in [5.74, 6) is 0.156. The third-order valence-electron chi connectivity index (χ3n) is 4.08. The Kier molecular flexibility index (Phi) is 5.77. The maximum Gasteiger partial charge on any atom is 0.227 e. The zero-order valence-electron chi connectivity index (χ0n) is 13.6. The first kappa shape index (κ1) is 17.0. The van der Waals surface area contributed by atoms with Crippen LogP contribution in [0.4, 0.5) is 0 Å². The molecule has 0 aliphatic carbocycles. The van der Waals surface area contributed by atoms with E-state index in [-0.39, 0.29) is 30.7 Å². The van der Waals surface area contributed by atoms with Crippen molar-refractivity contribution in [1.29, 1.82) is 0 Å². The molecule has 1 amide bonds. The standard InChI is InChI=1S/C19H23NO3/c1-14-8-9-15(12-18(14)22)13-19(23)20(2)17(10-11-21)16-6-4-3-5-7-16/h3-9,12,17,21-22H,10-11,13H2,1-2H3/t17-/m1/s1. The third kappa shape index (κ3) is 4.33. The van der Waals surface area contributed by atoms with Crippen molar-refractivity contribution < 1.29 is 15.0 Å². The maximum atomic E-state index is 12.6. The molecule has 0 spiro atoms. The minimum atomic E-state index is -0.159. The van der Waals surface area contributed by atoms with Crippen LogP contribution in [-0.4, -0.2) is 34.7 Å². The van der Waals surface area contributed by atoms with Crippen molar-refractivity contribution in [2.45, 2.75) is 25.8 Å². The molecule has 4 nitrogen and oxygen atoms in total. The summed E-state index contributed by atoms with van der Waals surface area (Å²) in [4.78, 5) is 14.2. The summed E-state index contributed by atoms with van der Waals surface area (Å²) in [6, 6.07) is 14.8. The highest BCUT2D eigenvalue weighted by Crippen LogP contribution is 2.24. The van der Waals surface area contributed by atoms with Gasteiger partial charge < -0.3 is 15.1 Å². The number of likely N-dealkylation sites (N-methyl/N-ethyl adjacent to an activating group) is 1. The van der Waals surface area contributed by atoms with E-state index in [1.807, 2.05) is 43.3 Å². The number of aliphatic hydroxyl groups excluding tert-OH is 1. The van der Waals surface area contributed by atoms with Crippen LogP contribution < -0.4 is 0 Å². The monoisotopic (exact) mass is 313 g/mol. The molecule has 0 saturated heterocycles. The smallest absolute Gasteiger partial charge is 0.227 e. The second-order valence-corrected chi connectivity index (χ2v) is 5.74. The zero-order chi connectivity index (χ0) is 16.8. The number of nitrogens with zero attached hydrogens (tertiary/aromatic N) is 1. The van der Waals surface area contributed by atoms with Crippen molar-refractivity contribution in [3.05, 3.63) is 65.2 Å². The lowest BCUT2D eigenvalue weighted by molar-refractivity contribution is -0.131. The highest BCUT2D eigenvalue weighted by Gasteiger charge is 2.21. The van der Waals surface area contributed by atoms with Gasteiger partial charge >= 0.3 is 0 Å². The molecule has 0 unspecified atom stereocenters. The Bertz CT molecular complexity index is 655. The molecule has 0 aromatic heterocycles. The average Bonchev–Trinajstić information content (AvgIpc) is 2.56. The molecule has 0 heterocycles. The molecule has 2 aromatic rings. The first-order valence-electron chi connectivity index (χ1n) is 7.73. The molecule has 2 rings (SSSR count). The molecule has 0 bridgehead atoms. The fourth-order valence-corrected chi connectivity index (χ4v) is 2.62. The number of amides is 1. The number of rotatable bonds is 6. The molecule has 0 radical (unpaired) electrons. The van der Waals surface area contributed by atoms with Gasteiger partial charge in [-0.05, 0) is 36.1 Å². The molecule has 2 N–H and O–H groups in total. The van der Waals surface area contributed by atoms with Crippen molar-refractivity contribution >= 4 is 5.91 Å². The van der Waals surface area contributed by atoms with Gasteiger partial charge in [-0.2, -0.15) is 0 Å². The number of phenolic OH excluding ortho intramolecular Hbond substituents is 1. The highest BCUT2D eigenvalue weighted by molar-refractivity contribution is 5.79. The van der Waals surface area contributed by atoms with Gasteiger partial charge in [-0.1, -0.05) is 42.5 Å². The molecule has 0 saturated carbocycles. The maximum absolute atomic E-state index is 12.6. The quantitative estimate of drug-likeness (QED) is 0.862. The number of phenols is 1. The molecule has 23 heavy (non-hydrogen) atoms. The van der Waals surface area contributed by atoms with Gasteiger partial charge in [0.1, 0.15) is 5.75 Å². The second kappa shape index (κ2) is 7.79. The van der Waals surface area contributed by atoms with Crippen LogP contribution in [0.5, 0.6) is 5.75 Å². The van der Waals surface area contributed by atoms with E-state index in [4.69, 9.17) is 0 Å². The van der Waals surface area contributed by atoms with E-state index < -0.39 is 0 Å². The van der Waals surface area contributed by atoms with Crippen LogP contribution in [0.3, 0.4) is 0 Å². The van der Waals surface area contributed by atoms with Crippen molar-refractivity contribution in [1.82, 2.24) is 4.90 Å². The summed E-state index contributed by atoms with van der Waals surface area (Å²) in [5.41, 5.74) is 2.57. The van der Waals surface area contributed by atoms with Gasteiger partial charge in [0, 0.05) is 13.7 Å². The van der Waals surface area contributed by atoms with Crippen LogP contribution in [0.1, 0.15) is 29.2 Å². The number of hydrogen-bond donors (Lipinski definition) is 2. The number of aromatic hydroxyl groups is 1. The lowest BCUT2D eigenvalue weighted by Gasteiger charge is -2.28. The number of benzene rings is 2. The molecule has 4 heteroatoms. The molecule has 0 fully saturated rings. The Morgan fingerprint density at radius 1 is 1.17 bits per heavy atom. The van der Waals surface area contributed by atoms with Crippen molar-refractivity contribution in [3.63, 3.8) is 0 Å². The van der Waals surface area contributed by atoms with Gasteiger partial charge in [0.05, 0.1) is 12.5 Å². The van der Waals surface area contributed by atoms with Crippen molar-refractivity contribution in [2.75, 3.05) is 13.7 Å². The minimum absolute atomic E-state index is 0.0164. The SMILES string of the molecule is Cc1ccc(CC(=O)N(C)[C@H](CCO)c2ccccc2)cc1O. The van der Waals surface area contributed by atoms with Crippen LogP contribution in [-0.2, 0) is 11.2 Å². The van der Waals surface area contributed by atoms with Gasteiger partial charge in [0.25, 0.3) is 0 Å². The Morgan fingerprint density at radius 2 is 1.87 bits per heavy atom. The summed E-state index contributed by atoms with van der Waals surface area (Å²) in [6.07, 6.45) is 0.713. The molecular formula is C19H23NO3. The minimum Gasteiger partial charge on any atom is -0.508 e. The number of hydrogen-bond acceptors (Lipinski definition) is 3. The van der Waals surface area contributed by atoms with E-state index in [2.05, 4.69) is 0 Å². The van der Waals surface area contributed by atoms with Crippen LogP contribution in [0, 0.1) is 6.92 Å². The van der Waals surface area contributed by atoms with Gasteiger partial charge in [0.15, 0.2) is 0 Å². The van der Waals surface area contributed by atoms with E-state index in [1.54, 1.807) is 24.1 Å². The fourth-order valence-electron chi connectivity index (χ4n) is 2.62. The molecule has 0 aliphatic rings. The van der Waals surface area contributed by atoms with E-state index in [0.717, 1.165) is 16.7 Å². The largest absolute Gasteiger partial charge is 0.508 e. The van der Waals surface area contributed by atoms with Crippen molar-refractivity contribution in [2.24, 2.45) is 0 Å². The topological polar surface area (TPSA) is 60.8 Å². The summed E-state index contributed by atoms with van der Waals surface area (Å²) >= 11 is 0. The lowest BCUT2D eigenvalue weighted by Crippen LogP contribution is -2.33. The summed E-state index contributed by atoms with van der Waals surface area (Å²) in [6.45, 7) is 1.84. The number of aliphatic hydroxyl groups is 1. The fraction of sp³-hybridized carbons (Fsp3) is 0.316. The van der Waals surface area contributed by atoms with Gasteiger partial charge in [-0.25, -0.2) is 0 Å². The number of carbonyl (C=O) groups is 1. The summed E-state index contributed by atoms with van der Waals surface area (Å²) in [5, 5.41) is 19.1. The van der Waals surface area contributed by atoms with Gasteiger partial charge in [0.2, 0.25) is 5.91 Å². The molecule has 122 valence electrons. The Morgan fingerprint density at radius 3 is 2.48 bits per heavy atom. The molecule has 1 atom stereocenters. The highest BCUT2D eigenvalue weighted by atomic mass is 16.3. The van der Waals surface area contributed by atoms with E-state index >= 15 is 0 Å². The summed E-state index contributed by atoms with van der Waals surface area (Å²) in [7, 11) is 1.75. The normalized spacial score (nSPS) is 12.0. The molecular weight excluding hydrogens is 290 g/mol. The average molecular weight is 313 g/mol. The predicted octanol–water partition coefficient (Wildman–Crippen LogP) is 2.83. The second-order valence-electron chi connectivity index (χ2n) is 5.74. The first-order chi connectivity index (χ1) is 11.0. The summed E-state index contributed by atoms with van der Waals surface area (Å²) < 4.78 is 0. The van der Waals surface area contributed by atoms with Crippen molar-refractivity contribution in [3.8, 4) is 5.75 Å². The predicted molar refractivity (Wildman–Crippen MR) is 90.2 cm³/mol. The first-order valence-corrected chi connectivity index (χ1v) is 7.73. The lowest BCUT2D eigenvalue weighted by atomic mass is 10.0. The van der Waals surface area contributed by atoms with Crippen LogP contribution in [0.2, 0.25) is 0 Å². The van der Waals surface area contributed by atoms with Crippen LogP contribution in [0.15, 0.2) is 48.5 Å². The van der Waals surface area contributed by atoms with E-state index in [0.29, 0.717) is 6.42 Å². The molecule has 0 aliphatic heterocycles. The van der Waals surface area contributed by atoms with Gasteiger partial charge in [-0.15, -0.1) is 0 Å². The van der Waals surface area contributed by atoms with Gasteiger partial charge in [-0.3, -0.25) is 4.79 Å². The van der Waals surface area contributed by atoms with E-state index in [1.165, 1.54) is 0 Å². The Hall–Kier alpha value is -2.33. The van der Waals surface area contributed by atoms with Crippen LogP contribution >= 0.6 is 0 Å².